The molecule has 84 valence electrons. The number of hydrogen-bond donors (Lipinski definition) is 0. The summed E-state index contributed by atoms with van der Waals surface area (Å²) < 4.78 is 0. The smallest absolute Gasteiger partial charge is 0.137 e. The predicted molar refractivity (Wildman–Crippen MR) is 64.4 cm³/mol. The van der Waals surface area contributed by atoms with Crippen LogP contribution in [0.1, 0.15) is 37.8 Å². The molecule has 0 aliphatic heterocycles. The number of hydrogen-bond acceptors (Lipinski definition) is 1. The van der Waals surface area contributed by atoms with E-state index < -0.39 is 0 Å². The standard InChI is InChI=1S/C15H18O/c1-10-4-6-11(7-5-10)14(2)9-13(16)12-8-15(12,14)3/h4-7,12H,8-9H2,1-3H3/t12-,14+,15-/m0/s1. The van der Waals surface area contributed by atoms with Crippen molar-refractivity contribution >= 4 is 5.78 Å². The van der Waals surface area contributed by atoms with E-state index in [1.165, 1.54) is 11.1 Å². The molecule has 1 heteroatoms. The lowest BCUT2D eigenvalue weighted by atomic mass is 9.70. The lowest BCUT2D eigenvalue weighted by Crippen LogP contribution is -2.29. The highest BCUT2D eigenvalue weighted by Crippen LogP contribution is 2.70. The van der Waals surface area contributed by atoms with Crippen molar-refractivity contribution in [2.75, 3.05) is 0 Å². The molecule has 0 bridgehead atoms. The molecule has 0 unspecified atom stereocenters. The molecule has 0 saturated heterocycles. The van der Waals surface area contributed by atoms with E-state index in [2.05, 4.69) is 45.0 Å². The van der Waals surface area contributed by atoms with E-state index in [0.717, 1.165) is 12.8 Å². The van der Waals surface area contributed by atoms with E-state index >= 15 is 0 Å². The zero-order valence-corrected chi connectivity index (χ0v) is 10.2. The Bertz CT molecular complexity index is 459. The van der Waals surface area contributed by atoms with Crippen molar-refractivity contribution in [2.24, 2.45) is 11.3 Å². The normalized spacial score (nSPS) is 40.9. The second-order valence-corrected chi connectivity index (χ2v) is 6.02. The number of Topliss-reactive ketones (excluding diaryl/α,β-unsaturated/α-hetero) is 1. The molecule has 3 atom stereocenters. The van der Waals surface area contributed by atoms with Crippen molar-refractivity contribution in [3.8, 4) is 0 Å². The lowest BCUT2D eigenvalue weighted by molar-refractivity contribution is -0.119. The quantitative estimate of drug-likeness (QED) is 0.701. The zero-order valence-electron chi connectivity index (χ0n) is 10.2. The summed E-state index contributed by atoms with van der Waals surface area (Å²) in [4.78, 5) is 11.9. The van der Waals surface area contributed by atoms with Gasteiger partial charge in [0.2, 0.25) is 0 Å². The highest BCUT2D eigenvalue weighted by molar-refractivity contribution is 5.90. The Kier molecular flexibility index (Phi) is 1.74. The van der Waals surface area contributed by atoms with Gasteiger partial charge in [0.25, 0.3) is 0 Å². The second kappa shape index (κ2) is 2.77. The monoisotopic (exact) mass is 214 g/mol. The van der Waals surface area contributed by atoms with Crippen LogP contribution in [-0.4, -0.2) is 5.78 Å². The van der Waals surface area contributed by atoms with Gasteiger partial charge in [-0.3, -0.25) is 4.79 Å². The van der Waals surface area contributed by atoms with Crippen molar-refractivity contribution in [1.29, 1.82) is 0 Å². The fourth-order valence-electron chi connectivity index (χ4n) is 3.47. The average molecular weight is 214 g/mol. The van der Waals surface area contributed by atoms with Crippen LogP contribution in [0.4, 0.5) is 0 Å². The number of benzene rings is 1. The first-order chi connectivity index (χ1) is 7.47. The SMILES string of the molecule is Cc1ccc([C@@]2(C)CC(=O)[C@@H]3C[C@@]32C)cc1. The first-order valence-electron chi connectivity index (χ1n) is 6.07. The summed E-state index contributed by atoms with van der Waals surface area (Å²) in [5.41, 5.74) is 2.94. The van der Waals surface area contributed by atoms with Gasteiger partial charge in [-0.15, -0.1) is 0 Å². The first-order valence-corrected chi connectivity index (χ1v) is 6.07. The summed E-state index contributed by atoms with van der Waals surface area (Å²) in [7, 11) is 0. The topological polar surface area (TPSA) is 17.1 Å². The Morgan fingerprint density at radius 2 is 1.81 bits per heavy atom. The maximum Gasteiger partial charge on any atom is 0.137 e. The van der Waals surface area contributed by atoms with Crippen LogP contribution in [0.15, 0.2) is 24.3 Å². The van der Waals surface area contributed by atoms with E-state index in [1.54, 1.807) is 0 Å². The Labute approximate surface area is 96.9 Å². The van der Waals surface area contributed by atoms with Gasteiger partial charge in [0.05, 0.1) is 0 Å². The van der Waals surface area contributed by atoms with Gasteiger partial charge in [0.1, 0.15) is 5.78 Å². The van der Waals surface area contributed by atoms with E-state index in [9.17, 15) is 4.79 Å². The van der Waals surface area contributed by atoms with E-state index in [4.69, 9.17) is 0 Å². The van der Waals surface area contributed by atoms with Crippen LogP contribution in [-0.2, 0) is 10.2 Å². The summed E-state index contributed by atoms with van der Waals surface area (Å²) in [5, 5.41) is 0. The summed E-state index contributed by atoms with van der Waals surface area (Å²) in [6, 6.07) is 8.72. The van der Waals surface area contributed by atoms with Gasteiger partial charge < -0.3 is 0 Å². The van der Waals surface area contributed by atoms with Gasteiger partial charge in [0, 0.05) is 17.8 Å². The lowest BCUT2D eigenvalue weighted by Gasteiger charge is -2.32. The molecule has 2 aliphatic carbocycles. The molecule has 1 nitrogen and oxygen atoms in total. The van der Waals surface area contributed by atoms with E-state index in [1.807, 2.05) is 0 Å². The summed E-state index contributed by atoms with van der Waals surface area (Å²) in [6.45, 7) is 6.65. The summed E-state index contributed by atoms with van der Waals surface area (Å²) in [5.74, 6) is 0.823. The Hall–Kier alpha value is -1.11. The highest BCUT2D eigenvalue weighted by atomic mass is 16.1. The highest BCUT2D eigenvalue weighted by Gasteiger charge is 2.69. The Morgan fingerprint density at radius 3 is 2.25 bits per heavy atom. The number of aryl methyl sites for hydroxylation is 1. The van der Waals surface area contributed by atoms with Gasteiger partial charge >= 0.3 is 0 Å². The molecule has 0 heterocycles. The van der Waals surface area contributed by atoms with Crippen LogP contribution in [0, 0.1) is 18.3 Å². The predicted octanol–water partition coefficient (Wildman–Crippen LogP) is 3.25. The van der Waals surface area contributed by atoms with E-state index in [-0.39, 0.29) is 10.8 Å². The minimum atomic E-state index is 0.0719. The number of fused-ring (bicyclic) bond motifs is 1. The fraction of sp³-hybridized carbons (Fsp3) is 0.533. The van der Waals surface area contributed by atoms with Crippen molar-refractivity contribution < 1.29 is 4.79 Å². The maximum atomic E-state index is 11.9. The van der Waals surface area contributed by atoms with Crippen LogP contribution in [0.5, 0.6) is 0 Å². The number of carbonyl (C=O) groups is 1. The third-order valence-corrected chi connectivity index (χ3v) is 5.10. The molecule has 0 N–H and O–H groups in total. The largest absolute Gasteiger partial charge is 0.299 e. The van der Waals surface area contributed by atoms with Gasteiger partial charge in [-0.1, -0.05) is 43.7 Å². The number of ketones is 1. The van der Waals surface area contributed by atoms with Gasteiger partial charge in [0.15, 0.2) is 0 Å². The van der Waals surface area contributed by atoms with Gasteiger partial charge in [-0.2, -0.15) is 0 Å². The Balaban J connectivity index is 2.06. The van der Waals surface area contributed by atoms with Crippen LogP contribution in [0.25, 0.3) is 0 Å². The molecule has 0 radical (unpaired) electrons. The maximum absolute atomic E-state index is 11.9. The van der Waals surface area contributed by atoms with Crippen LogP contribution < -0.4 is 0 Å². The minimum absolute atomic E-state index is 0.0719. The molecular weight excluding hydrogens is 196 g/mol. The average Bonchev–Trinajstić information content (AvgIpc) is 2.88. The zero-order chi connectivity index (χ0) is 11.6. The molecule has 3 rings (SSSR count). The molecule has 1 aromatic carbocycles. The molecule has 1 aromatic rings. The van der Waals surface area contributed by atoms with Crippen LogP contribution in [0.2, 0.25) is 0 Å². The summed E-state index contributed by atoms with van der Waals surface area (Å²) in [6.07, 6.45) is 1.83. The van der Waals surface area contributed by atoms with Crippen molar-refractivity contribution in [1.82, 2.24) is 0 Å². The molecule has 2 fully saturated rings. The minimum Gasteiger partial charge on any atom is -0.299 e. The van der Waals surface area contributed by atoms with Gasteiger partial charge in [-0.05, 0) is 24.3 Å². The third kappa shape index (κ3) is 1.04. The molecule has 2 aliphatic rings. The van der Waals surface area contributed by atoms with Crippen molar-refractivity contribution in [2.45, 2.75) is 39.0 Å². The van der Waals surface area contributed by atoms with Crippen LogP contribution >= 0.6 is 0 Å². The van der Waals surface area contributed by atoms with Crippen molar-refractivity contribution in [3.05, 3.63) is 35.4 Å². The fourth-order valence-corrected chi connectivity index (χ4v) is 3.47. The molecule has 0 amide bonds. The Morgan fingerprint density at radius 1 is 1.19 bits per heavy atom. The van der Waals surface area contributed by atoms with Gasteiger partial charge in [-0.25, -0.2) is 0 Å². The first kappa shape index (κ1) is 10.1. The molecular formula is C15H18O. The van der Waals surface area contributed by atoms with E-state index in [0.29, 0.717) is 11.7 Å². The molecule has 2 saturated carbocycles. The van der Waals surface area contributed by atoms with Crippen LogP contribution in [0.3, 0.4) is 0 Å². The molecule has 0 spiro atoms. The third-order valence-electron chi connectivity index (χ3n) is 5.10. The second-order valence-electron chi connectivity index (χ2n) is 6.02. The number of carbonyl (C=O) groups excluding carboxylic acids is 1. The van der Waals surface area contributed by atoms with Crippen molar-refractivity contribution in [3.63, 3.8) is 0 Å². The number of rotatable bonds is 1. The molecule has 0 aromatic heterocycles. The summed E-state index contributed by atoms with van der Waals surface area (Å²) >= 11 is 0. The molecule has 16 heavy (non-hydrogen) atoms.